The third kappa shape index (κ3) is 5.70. The van der Waals surface area contributed by atoms with Gasteiger partial charge in [-0.15, -0.1) is 0 Å². The summed E-state index contributed by atoms with van der Waals surface area (Å²) in [6.45, 7) is 0. The van der Waals surface area contributed by atoms with Crippen molar-refractivity contribution in [2.45, 2.75) is 4.90 Å². The first-order valence-electron chi connectivity index (χ1n) is 8.98. The number of anilines is 1. The lowest BCUT2D eigenvalue weighted by atomic mass is 10.2. The molecule has 166 valence electrons. The van der Waals surface area contributed by atoms with E-state index in [0.29, 0.717) is 16.3 Å². The number of carbonyl (C=O) groups excluding carboxylic acids is 1. The van der Waals surface area contributed by atoms with Gasteiger partial charge in [-0.1, -0.05) is 29.3 Å². The number of hydrazone groups is 1. The number of nitrogens with one attached hydrogen (secondary N) is 2. The van der Waals surface area contributed by atoms with Crippen LogP contribution < -0.4 is 14.9 Å². The van der Waals surface area contributed by atoms with E-state index < -0.39 is 15.9 Å². The van der Waals surface area contributed by atoms with Crippen molar-refractivity contribution < 1.29 is 23.1 Å². The zero-order valence-electron chi connectivity index (χ0n) is 16.5. The normalized spacial score (nSPS) is 11.3. The van der Waals surface area contributed by atoms with Gasteiger partial charge in [0, 0.05) is 10.6 Å². The molecule has 3 aromatic carbocycles. The Morgan fingerprint density at radius 2 is 1.88 bits per heavy atom. The molecule has 3 N–H and O–H groups in total. The number of methoxy groups -OCH3 is 1. The van der Waals surface area contributed by atoms with Gasteiger partial charge in [-0.2, -0.15) is 5.10 Å². The first-order valence-corrected chi connectivity index (χ1v) is 11.2. The molecule has 3 aromatic rings. The SMILES string of the molecule is COc1ccc(C=NNC(=O)c2cccc(S(=O)(=O)Nc3cc(Cl)ccc3Cl)c2)cc1O. The van der Waals surface area contributed by atoms with E-state index >= 15 is 0 Å². The number of rotatable bonds is 7. The van der Waals surface area contributed by atoms with Gasteiger partial charge in [-0.25, -0.2) is 13.8 Å². The van der Waals surface area contributed by atoms with Gasteiger partial charge in [-0.3, -0.25) is 9.52 Å². The minimum atomic E-state index is -4.03. The Labute approximate surface area is 194 Å². The average Bonchev–Trinajstić information content (AvgIpc) is 2.76. The fraction of sp³-hybridized carbons (Fsp3) is 0.0476. The third-order valence-corrected chi connectivity index (χ3v) is 6.09. The summed E-state index contributed by atoms with van der Waals surface area (Å²) in [5.74, 6) is -0.401. The van der Waals surface area contributed by atoms with Gasteiger partial charge in [0.2, 0.25) is 0 Å². The van der Waals surface area contributed by atoms with Crippen molar-refractivity contribution in [2.75, 3.05) is 11.8 Å². The van der Waals surface area contributed by atoms with Crippen molar-refractivity contribution in [1.29, 1.82) is 0 Å². The topological polar surface area (TPSA) is 117 Å². The molecule has 0 aliphatic heterocycles. The summed E-state index contributed by atoms with van der Waals surface area (Å²) in [4.78, 5) is 12.2. The summed E-state index contributed by atoms with van der Waals surface area (Å²) in [7, 11) is -2.61. The molecule has 0 radical (unpaired) electrons. The Morgan fingerprint density at radius 3 is 2.59 bits per heavy atom. The molecule has 3 rings (SSSR count). The number of sulfonamides is 1. The predicted octanol–water partition coefficient (Wildman–Crippen LogP) is 4.27. The van der Waals surface area contributed by atoms with Gasteiger partial charge in [-0.05, 0) is 60.2 Å². The Balaban J connectivity index is 1.74. The van der Waals surface area contributed by atoms with Gasteiger partial charge in [0.1, 0.15) is 0 Å². The van der Waals surface area contributed by atoms with Gasteiger partial charge in [0.15, 0.2) is 11.5 Å². The quantitative estimate of drug-likeness (QED) is 0.335. The van der Waals surface area contributed by atoms with E-state index in [9.17, 15) is 18.3 Å². The number of phenols is 1. The molecule has 0 aliphatic rings. The number of phenolic OH excluding ortho intramolecular Hbond substituents is 1. The van der Waals surface area contributed by atoms with Crippen LogP contribution in [0.3, 0.4) is 0 Å². The number of hydrogen-bond acceptors (Lipinski definition) is 6. The Morgan fingerprint density at radius 1 is 1.09 bits per heavy atom. The number of amides is 1. The lowest BCUT2D eigenvalue weighted by Crippen LogP contribution is -2.19. The predicted molar refractivity (Wildman–Crippen MR) is 123 cm³/mol. The van der Waals surface area contributed by atoms with Crippen molar-refractivity contribution >= 4 is 51.0 Å². The second kappa shape index (κ2) is 9.90. The fourth-order valence-corrected chi connectivity index (χ4v) is 4.11. The Kier molecular flexibility index (Phi) is 7.24. The molecule has 0 bridgehead atoms. The number of ether oxygens (including phenoxy) is 1. The van der Waals surface area contributed by atoms with Crippen LogP contribution in [-0.2, 0) is 10.0 Å². The van der Waals surface area contributed by atoms with E-state index in [1.54, 1.807) is 12.1 Å². The van der Waals surface area contributed by atoms with Crippen molar-refractivity contribution in [3.8, 4) is 11.5 Å². The van der Waals surface area contributed by atoms with Crippen LogP contribution in [0.4, 0.5) is 5.69 Å². The Hall–Kier alpha value is -3.27. The smallest absolute Gasteiger partial charge is 0.271 e. The van der Waals surface area contributed by atoms with Crippen LogP contribution in [0.1, 0.15) is 15.9 Å². The van der Waals surface area contributed by atoms with Crippen LogP contribution in [0.15, 0.2) is 70.7 Å². The summed E-state index contributed by atoms with van der Waals surface area (Å²) in [5, 5.41) is 14.1. The Bertz CT molecular complexity index is 1300. The van der Waals surface area contributed by atoms with Crippen LogP contribution >= 0.6 is 23.2 Å². The van der Waals surface area contributed by atoms with Crippen molar-refractivity contribution in [3.63, 3.8) is 0 Å². The molecule has 0 fully saturated rings. The molecule has 0 aromatic heterocycles. The molecule has 11 heteroatoms. The maximum Gasteiger partial charge on any atom is 0.271 e. The number of nitrogens with zero attached hydrogens (tertiary/aromatic N) is 1. The summed E-state index contributed by atoms with van der Waals surface area (Å²) in [6.07, 6.45) is 1.32. The number of benzene rings is 3. The van der Waals surface area contributed by atoms with Crippen LogP contribution in [0, 0.1) is 0 Å². The van der Waals surface area contributed by atoms with E-state index in [1.165, 1.54) is 61.9 Å². The molecule has 8 nitrogen and oxygen atoms in total. The van der Waals surface area contributed by atoms with Crippen molar-refractivity contribution in [1.82, 2.24) is 5.43 Å². The van der Waals surface area contributed by atoms with Crippen LogP contribution in [0.2, 0.25) is 10.0 Å². The van der Waals surface area contributed by atoms with Gasteiger partial charge >= 0.3 is 0 Å². The van der Waals surface area contributed by atoms with Crippen LogP contribution in [0.5, 0.6) is 11.5 Å². The largest absolute Gasteiger partial charge is 0.504 e. The lowest BCUT2D eigenvalue weighted by molar-refractivity contribution is 0.0955. The minimum Gasteiger partial charge on any atom is -0.504 e. The number of halogens is 2. The highest BCUT2D eigenvalue weighted by Gasteiger charge is 2.18. The number of aromatic hydroxyl groups is 1. The van der Waals surface area contributed by atoms with E-state index in [-0.39, 0.29) is 26.9 Å². The second-order valence-electron chi connectivity index (χ2n) is 6.39. The minimum absolute atomic E-state index is 0.0693. The summed E-state index contributed by atoms with van der Waals surface area (Å²) in [5.41, 5.74) is 3.00. The standard InChI is InChI=1S/C21H17Cl2N3O5S/c1-31-20-8-5-13(9-19(20)27)12-24-25-21(28)14-3-2-4-16(10-14)32(29,30)26-18-11-15(22)6-7-17(18)23/h2-12,26-27H,1H3,(H,25,28). The summed E-state index contributed by atoms with van der Waals surface area (Å²) < 4.78 is 32.7. The zero-order chi connectivity index (χ0) is 23.3. The van der Waals surface area contributed by atoms with E-state index in [0.717, 1.165) is 0 Å². The summed E-state index contributed by atoms with van der Waals surface area (Å²) in [6, 6.07) is 14.4. The maximum atomic E-state index is 12.7. The molecule has 0 atom stereocenters. The maximum absolute atomic E-state index is 12.7. The highest BCUT2D eigenvalue weighted by atomic mass is 35.5. The van der Waals surface area contributed by atoms with Crippen LogP contribution in [-0.4, -0.2) is 32.8 Å². The number of carbonyl (C=O) groups is 1. The van der Waals surface area contributed by atoms with Crippen LogP contribution in [0.25, 0.3) is 0 Å². The zero-order valence-corrected chi connectivity index (χ0v) is 18.9. The molecule has 0 aliphatic carbocycles. The van der Waals surface area contributed by atoms with Crippen molar-refractivity contribution in [3.05, 3.63) is 81.8 Å². The van der Waals surface area contributed by atoms with Crippen molar-refractivity contribution in [2.24, 2.45) is 5.10 Å². The molecule has 0 heterocycles. The first kappa shape index (κ1) is 23.4. The molecule has 1 amide bonds. The number of hydrogen-bond donors (Lipinski definition) is 3. The van der Waals surface area contributed by atoms with Gasteiger partial charge in [0.25, 0.3) is 15.9 Å². The third-order valence-electron chi connectivity index (χ3n) is 4.16. The monoisotopic (exact) mass is 493 g/mol. The van der Waals surface area contributed by atoms with Gasteiger partial charge < -0.3 is 9.84 Å². The highest BCUT2D eigenvalue weighted by Crippen LogP contribution is 2.28. The molecular formula is C21H17Cl2N3O5S. The molecule has 0 saturated carbocycles. The summed E-state index contributed by atoms with van der Waals surface area (Å²) >= 11 is 11.9. The highest BCUT2D eigenvalue weighted by molar-refractivity contribution is 7.92. The first-order chi connectivity index (χ1) is 15.2. The average molecular weight is 494 g/mol. The molecule has 0 saturated heterocycles. The van der Waals surface area contributed by atoms with E-state index in [2.05, 4.69) is 15.2 Å². The van der Waals surface area contributed by atoms with E-state index in [4.69, 9.17) is 27.9 Å². The molecule has 0 unspecified atom stereocenters. The van der Waals surface area contributed by atoms with Gasteiger partial charge in [0.05, 0.1) is 28.9 Å². The lowest BCUT2D eigenvalue weighted by Gasteiger charge is -2.11. The molecule has 32 heavy (non-hydrogen) atoms. The molecule has 0 spiro atoms. The second-order valence-corrected chi connectivity index (χ2v) is 8.91. The van der Waals surface area contributed by atoms with E-state index in [1.807, 2.05) is 0 Å². The molecular weight excluding hydrogens is 477 g/mol. The fourth-order valence-electron chi connectivity index (χ4n) is 2.60.